The van der Waals surface area contributed by atoms with Crippen molar-refractivity contribution in [1.29, 1.82) is 0 Å². The molecule has 1 unspecified atom stereocenters. The van der Waals surface area contributed by atoms with Crippen molar-refractivity contribution < 1.29 is 23.8 Å². The number of carbonyl (C=O) groups excluding carboxylic acids is 2. The smallest absolute Gasteiger partial charge is 0.434 e. The molecule has 1 aromatic rings. The standard InChI is InChI=1S/C15H24N2O5/c1-5-8-11-21-14(19)17-10-9-12(16-17)22-15(4,6-2)13(18)20-7-3/h9-10H,5-8,11H2,1-4H3. The molecule has 0 saturated carbocycles. The Balaban J connectivity index is 2.70. The van der Waals surface area contributed by atoms with E-state index in [0.717, 1.165) is 17.5 Å². The third-order valence-electron chi connectivity index (χ3n) is 3.19. The summed E-state index contributed by atoms with van der Waals surface area (Å²) >= 11 is 0. The zero-order valence-electron chi connectivity index (χ0n) is 13.6. The predicted molar refractivity (Wildman–Crippen MR) is 79.8 cm³/mol. The quantitative estimate of drug-likeness (QED) is 0.542. The lowest BCUT2D eigenvalue weighted by Crippen LogP contribution is -2.42. The SMILES string of the molecule is CCCCOC(=O)n1ccc(OC(C)(CC)C(=O)OCC)n1. The zero-order valence-corrected chi connectivity index (χ0v) is 13.6. The Morgan fingerprint density at radius 1 is 1.27 bits per heavy atom. The number of hydrogen-bond acceptors (Lipinski definition) is 6. The van der Waals surface area contributed by atoms with E-state index in [1.54, 1.807) is 13.8 Å². The molecule has 0 amide bonds. The van der Waals surface area contributed by atoms with E-state index in [-0.39, 0.29) is 12.5 Å². The molecule has 0 aromatic carbocycles. The number of rotatable bonds is 8. The minimum Gasteiger partial charge on any atom is -0.463 e. The van der Waals surface area contributed by atoms with Gasteiger partial charge in [0.15, 0.2) is 0 Å². The second-order valence-corrected chi connectivity index (χ2v) is 4.97. The van der Waals surface area contributed by atoms with Crippen molar-refractivity contribution in [2.75, 3.05) is 13.2 Å². The van der Waals surface area contributed by atoms with E-state index in [1.807, 2.05) is 13.8 Å². The monoisotopic (exact) mass is 312 g/mol. The van der Waals surface area contributed by atoms with E-state index in [1.165, 1.54) is 12.3 Å². The summed E-state index contributed by atoms with van der Waals surface area (Å²) in [7, 11) is 0. The first kappa shape index (κ1) is 18.0. The number of carbonyl (C=O) groups is 2. The maximum atomic E-state index is 11.9. The molecular weight excluding hydrogens is 288 g/mol. The highest BCUT2D eigenvalue weighted by Crippen LogP contribution is 2.21. The zero-order chi connectivity index (χ0) is 16.6. The van der Waals surface area contributed by atoms with Crippen molar-refractivity contribution in [3.8, 4) is 5.88 Å². The number of ether oxygens (including phenoxy) is 3. The van der Waals surface area contributed by atoms with E-state index >= 15 is 0 Å². The van der Waals surface area contributed by atoms with Gasteiger partial charge in [-0.25, -0.2) is 9.59 Å². The molecule has 1 heterocycles. The molecule has 7 nitrogen and oxygen atoms in total. The summed E-state index contributed by atoms with van der Waals surface area (Å²) in [4.78, 5) is 23.7. The molecule has 1 aromatic heterocycles. The summed E-state index contributed by atoms with van der Waals surface area (Å²) in [6.07, 6.45) is 3.02. The number of aromatic nitrogens is 2. The van der Waals surface area contributed by atoms with E-state index in [2.05, 4.69) is 5.10 Å². The number of nitrogens with zero attached hydrogens (tertiary/aromatic N) is 2. The van der Waals surface area contributed by atoms with E-state index in [9.17, 15) is 9.59 Å². The molecule has 7 heteroatoms. The van der Waals surface area contributed by atoms with E-state index in [0.29, 0.717) is 13.0 Å². The van der Waals surface area contributed by atoms with E-state index < -0.39 is 17.7 Å². The molecular formula is C15H24N2O5. The summed E-state index contributed by atoms with van der Waals surface area (Å²) in [6, 6.07) is 1.51. The Kier molecular flexibility index (Phi) is 6.88. The fourth-order valence-electron chi connectivity index (χ4n) is 1.61. The number of esters is 1. The van der Waals surface area contributed by atoms with Crippen LogP contribution in [-0.4, -0.2) is 40.7 Å². The van der Waals surface area contributed by atoms with Crippen LogP contribution in [0.15, 0.2) is 12.3 Å². The van der Waals surface area contributed by atoms with Crippen LogP contribution < -0.4 is 4.74 Å². The van der Waals surface area contributed by atoms with Gasteiger partial charge in [-0.2, -0.15) is 4.68 Å². The topological polar surface area (TPSA) is 79.7 Å². The van der Waals surface area contributed by atoms with Gasteiger partial charge in [0.2, 0.25) is 11.5 Å². The maximum absolute atomic E-state index is 11.9. The Bertz CT molecular complexity index is 500. The van der Waals surface area contributed by atoms with Crippen LogP contribution in [0.2, 0.25) is 0 Å². The van der Waals surface area contributed by atoms with Crippen LogP contribution in [0.3, 0.4) is 0 Å². The molecule has 0 aliphatic rings. The highest BCUT2D eigenvalue weighted by Gasteiger charge is 2.36. The molecule has 0 aliphatic heterocycles. The maximum Gasteiger partial charge on any atom is 0.434 e. The molecule has 0 spiro atoms. The molecule has 124 valence electrons. The fraction of sp³-hybridized carbons (Fsp3) is 0.667. The average molecular weight is 312 g/mol. The van der Waals surface area contributed by atoms with Gasteiger partial charge >= 0.3 is 12.1 Å². The normalized spacial score (nSPS) is 13.3. The summed E-state index contributed by atoms with van der Waals surface area (Å²) < 4.78 is 16.7. The van der Waals surface area contributed by atoms with Crippen LogP contribution in [-0.2, 0) is 14.3 Å². The van der Waals surface area contributed by atoms with Crippen molar-refractivity contribution >= 4 is 12.1 Å². The predicted octanol–water partition coefficient (Wildman–Crippen LogP) is 2.78. The second-order valence-electron chi connectivity index (χ2n) is 4.97. The van der Waals surface area contributed by atoms with Gasteiger partial charge < -0.3 is 14.2 Å². The highest BCUT2D eigenvalue weighted by molar-refractivity contribution is 5.79. The molecule has 0 saturated heterocycles. The van der Waals surface area contributed by atoms with Gasteiger partial charge in [0, 0.05) is 12.3 Å². The highest BCUT2D eigenvalue weighted by atomic mass is 16.6. The lowest BCUT2D eigenvalue weighted by atomic mass is 10.0. The van der Waals surface area contributed by atoms with Gasteiger partial charge in [0.25, 0.3) is 0 Å². The summed E-state index contributed by atoms with van der Waals surface area (Å²) in [5, 5.41) is 3.98. The number of unbranched alkanes of at least 4 members (excludes halogenated alkanes) is 1. The van der Waals surface area contributed by atoms with Gasteiger partial charge in [-0.3, -0.25) is 0 Å². The van der Waals surface area contributed by atoms with Crippen LogP contribution in [0.1, 0.15) is 47.0 Å². The van der Waals surface area contributed by atoms with Gasteiger partial charge in [0.05, 0.1) is 13.2 Å². The number of hydrogen-bond donors (Lipinski definition) is 0. The van der Waals surface area contributed by atoms with Crippen LogP contribution in [0.5, 0.6) is 5.88 Å². The van der Waals surface area contributed by atoms with Gasteiger partial charge in [-0.15, -0.1) is 5.10 Å². The molecule has 22 heavy (non-hydrogen) atoms. The Labute approximate surface area is 130 Å². The summed E-state index contributed by atoms with van der Waals surface area (Å²) in [5.74, 6) is -0.289. The minimum atomic E-state index is -1.14. The average Bonchev–Trinajstić information content (AvgIpc) is 2.95. The van der Waals surface area contributed by atoms with Crippen molar-refractivity contribution in [3.63, 3.8) is 0 Å². The largest absolute Gasteiger partial charge is 0.463 e. The lowest BCUT2D eigenvalue weighted by molar-refractivity contribution is -0.160. The fourth-order valence-corrected chi connectivity index (χ4v) is 1.61. The first-order chi connectivity index (χ1) is 10.5. The third kappa shape index (κ3) is 4.75. The van der Waals surface area contributed by atoms with Crippen molar-refractivity contribution in [3.05, 3.63) is 12.3 Å². The second kappa shape index (κ2) is 8.41. The molecule has 0 aliphatic carbocycles. The summed E-state index contributed by atoms with van der Waals surface area (Å²) in [5.41, 5.74) is -1.14. The van der Waals surface area contributed by atoms with E-state index in [4.69, 9.17) is 14.2 Å². The van der Waals surface area contributed by atoms with Crippen LogP contribution in [0.4, 0.5) is 4.79 Å². The van der Waals surface area contributed by atoms with Gasteiger partial charge in [-0.1, -0.05) is 20.3 Å². The van der Waals surface area contributed by atoms with Gasteiger partial charge in [-0.05, 0) is 26.7 Å². The lowest BCUT2D eigenvalue weighted by Gasteiger charge is -2.25. The molecule has 1 rings (SSSR count). The van der Waals surface area contributed by atoms with Crippen LogP contribution in [0, 0.1) is 0 Å². The minimum absolute atomic E-state index is 0.171. The molecule has 0 bridgehead atoms. The third-order valence-corrected chi connectivity index (χ3v) is 3.19. The molecule has 0 fully saturated rings. The van der Waals surface area contributed by atoms with Crippen molar-refractivity contribution in [1.82, 2.24) is 9.78 Å². The first-order valence-electron chi connectivity index (χ1n) is 7.55. The van der Waals surface area contributed by atoms with Crippen LogP contribution in [0.25, 0.3) is 0 Å². The Morgan fingerprint density at radius 2 is 2.00 bits per heavy atom. The van der Waals surface area contributed by atoms with Crippen molar-refractivity contribution in [2.24, 2.45) is 0 Å². The molecule has 0 N–H and O–H groups in total. The van der Waals surface area contributed by atoms with Crippen LogP contribution >= 0.6 is 0 Å². The first-order valence-corrected chi connectivity index (χ1v) is 7.55. The Hall–Kier alpha value is -2.05. The van der Waals surface area contributed by atoms with Gasteiger partial charge in [0.1, 0.15) is 0 Å². The molecule has 1 atom stereocenters. The molecule has 0 radical (unpaired) electrons. The Morgan fingerprint density at radius 3 is 2.59 bits per heavy atom. The summed E-state index contributed by atoms with van der Waals surface area (Å²) in [6.45, 7) is 7.80. The van der Waals surface area contributed by atoms with Crippen molar-refractivity contribution in [2.45, 2.75) is 52.6 Å².